The van der Waals surface area contributed by atoms with Crippen LogP contribution in [0.25, 0.3) is 5.65 Å². The number of nitrogens with zero attached hydrogens (tertiary/aromatic N) is 3. The van der Waals surface area contributed by atoms with Crippen LogP contribution in [0.3, 0.4) is 0 Å². The number of carbonyl (C=O) groups excluding carboxylic acids is 1. The van der Waals surface area contributed by atoms with Crippen molar-refractivity contribution in [1.82, 2.24) is 19.6 Å². The van der Waals surface area contributed by atoms with E-state index >= 15 is 0 Å². The van der Waals surface area contributed by atoms with E-state index in [1.165, 1.54) is 0 Å². The van der Waals surface area contributed by atoms with E-state index in [4.69, 9.17) is 9.47 Å². The van der Waals surface area contributed by atoms with Crippen molar-refractivity contribution in [3.63, 3.8) is 0 Å². The maximum atomic E-state index is 12.6. The van der Waals surface area contributed by atoms with E-state index in [0.717, 1.165) is 30.6 Å². The van der Waals surface area contributed by atoms with Crippen LogP contribution in [0.2, 0.25) is 0 Å². The van der Waals surface area contributed by atoms with E-state index in [-0.39, 0.29) is 11.9 Å². The monoisotopic (exact) mass is 344 g/mol. The summed E-state index contributed by atoms with van der Waals surface area (Å²) in [4.78, 5) is 18.7. The maximum absolute atomic E-state index is 12.6. The molecule has 7 nitrogen and oxygen atoms in total. The molecule has 4 heterocycles. The minimum absolute atomic E-state index is 0.0329. The number of amides is 2. The fourth-order valence-electron chi connectivity index (χ4n) is 3.71. The van der Waals surface area contributed by atoms with Crippen molar-refractivity contribution in [2.45, 2.75) is 32.1 Å². The van der Waals surface area contributed by atoms with Gasteiger partial charge in [-0.3, -0.25) is 0 Å². The van der Waals surface area contributed by atoms with Crippen molar-refractivity contribution < 1.29 is 14.3 Å². The lowest BCUT2D eigenvalue weighted by atomic mass is 9.90. The highest BCUT2D eigenvalue weighted by molar-refractivity contribution is 5.74. The molecule has 7 heteroatoms. The minimum atomic E-state index is -0.551. The summed E-state index contributed by atoms with van der Waals surface area (Å²) in [7, 11) is 0. The SMILES string of the molecule is CC1(C2CCCN(C(=O)NCc3ccn4ccnc4c3)C2)OCCO1. The molecular formula is C18H24N4O3. The Kier molecular flexibility index (Phi) is 4.35. The first-order valence-electron chi connectivity index (χ1n) is 8.86. The summed E-state index contributed by atoms with van der Waals surface area (Å²) < 4.78 is 13.5. The van der Waals surface area contributed by atoms with Crippen molar-refractivity contribution in [1.29, 1.82) is 0 Å². The molecule has 0 aromatic carbocycles. The lowest BCUT2D eigenvalue weighted by Crippen LogP contribution is -2.51. The second kappa shape index (κ2) is 6.65. The fourth-order valence-corrected chi connectivity index (χ4v) is 3.71. The number of piperidine rings is 1. The van der Waals surface area contributed by atoms with Crippen LogP contribution in [-0.4, -0.2) is 52.4 Å². The van der Waals surface area contributed by atoms with Crippen LogP contribution in [0.1, 0.15) is 25.3 Å². The topological polar surface area (TPSA) is 68.1 Å². The number of hydrogen-bond donors (Lipinski definition) is 1. The maximum Gasteiger partial charge on any atom is 0.317 e. The number of fused-ring (bicyclic) bond motifs is 1. The van der Waals surface area contributed by atoms with Crippen molar-refractivity contribution in [3.05, 3.63) is 36.3 Å². The van der Waals surface area contributed by atoms with Crippen molar-refractivity contribution in [2.75, 3.05) is 26.3 Å². The van der Waals surface area contributed by atoms with Gasteiger partial charge in [0, 0.05) is 44.1 Å². The van der Waals surface area contributed by atoms with Gasteiger partial charge in [-0.2, -0.15) is 0 Å². The summed E-state index contributed by atoms with van der Waals surface area (Å²) in [5.41, 5.74) is 1.92. The van der Waals surface area contributed by atoms with Crippen LogP contribution >= 0.6 is 0 Å². The van der Waals surface area contributed by atoms with Crippen LogP contribution in [-0.2, 0) is 16.0 Å². The highest BCUT2D eigenvalue weighted by Gasteiger charge is 2.42. The second-order valence-corrected chi connectivity index (χ2v) is 6.88. The summed E-state index contributed by atoms with van der Waals surface area (Å²) in [5, 5.41) is 3.02. The first-order valence-corrected chi connectivity index (χ1v) is 8.86. The lowest BCUT2D eigenvalue weighted by molar-refractivity contribution is -0.189. The number of nitrogens with one attached hydrogen (secondary N) is 1. The van der Waals surface area contributed by atoms with Gasteiger partial charge in [0.15, 0.2) is 5.79 Å². The number of rotatable bonds is 3. The predicted molar refractivity (Wildman–Crippen MR) is 92.0 cm³/mol. The van der Waals surface area contributed by atoms with Gasteiger partial charge in [0.2, 0.25) is 0 Å². The molecule has 1 unspecified atom stereocenters. The molecule has 0 aliphatic carbocycles. The molecule has 134 valence electrons. The quantitative estimate of drug-likeness (QED) is 0.925. The van der Waals surface area contributed by atoms with Crippen LogP contribution in [0.5, 0.6) is 0 Å². The number of urea groups is 1. The van der Waals surface area contributed by atoms with Crippen LogP contribution < -0.4 is 5.32 Å². The van der Waals surface area contributed by atoms with E-state index < -0.39 is 5.79 Å². The van der Waals surface area contributed by atoms with Gasteiger partial charge in [-0.25, -0.2) is 9.78 Å². The Balaban J connectivity index is 1.35. The fraction of sp³-hybridized carbons (Fsp3) is 0.556. The summed E-state index contributed by atoms with van der Waals surface area (Å²) in [6.45, 7) is 5.20. The Labute approximate surface area is 146 Å². The van der Waals surface area contributed by atoms with Gasteiger partial charge in [-0.15, -0.1) is 0 Å². The normalized spacial score (nSPS) is 23.1. The van der Waals surface area contributed by atoms with Gasteiger partial charge in [0.05, 0.1) is 13.2 Å². The average molecular weight is 344 g/mol. The molecule has 2 aliphatic rings. The molecule has 2 fully saturated rings. The zero-order valence-electron chi connectivity index (χ0n) is 14.5. The molecule has 1 atom stereocenters. The standard InChI is InChI=1S/C18H24N4O3/c1-18(24-9-10-25-18)15-3-2-6-22(13-15)17(23)20-12-14-4-7-21-8-5-19-16(21)11-14/h4-5,7-8,11,15H,2-3,6,9-10,12-13H2,1H3,(H,20,23). The molecule has 2 saturated heterocycles. The third kappa shape index (κ3) is 3.34. The van der Waals surface area contributed by atoms with Gasteiger partial charge in [-0.05, 0) is 37.5 Å². The number of likely N-dealkylation sites (tertiary alicyclic amines) is 1. The Morgan fingerprint density at radius 3 is 3.08 bits per heavy atom. The molecule has 0 spiro atoms. The highest BCUT2D eigenvalue weighted by atomic mass is 16.7. The largest absolute Gasteiger partial charge is 0.347 e. The lowest BCUT2D eigenvalue weighted by Gasteiger charge is -2.39. The Morgan fingerprint density at radius 2 is 2.24 bits per heavy atom. The van der Waals surface area contributed by atoms with Crippen LogP contribution in [0, 0.1) is 5.92 Å². The van der Waals surface area contributed by atoms with Crippen LogP contribution in [0.4, 0.5) is 4.79 Å². The number of aromatic nitrogens is 2. The van der Waals surface area contributed by atoms with Crippen LogP contribution in [0.15, 0.2) is 30.7 Å². The number of imidazole rings is 1. The van der Waals surface area contributed by atoms with E-state index in [9.17, 15) is 4.79 Å². The van der Waals surface area contributed by atoms with Crippen molar-refractivity contribution in [2.24, 2.45) is 5.92 Å². The van der Waals surface area contributed by atoms with Gasteiger partial charge in [-0.1, -0.05) is 0 Å². The Bertz CT molecular complexity index is 754. The van der Waals surface area contributed by atoms with Gasteiger partial charge < -0.3 is 24.1 Å². The van der Waals surface area contributed by atoms with Gasteiger partial charge >= 0.3 is 6.03 Å². The van der Waals surface area contributed by atoms with E-state index in [0.29, 0.717) is 26.3 Å². The number of ether oxygens (including phenoxy) is 2. The predicted octanol–water partition coefficient (Wildman–Crippen LogP) is 2.02. The molecule has 1 N–H and O–H groups in total. The molecule has 0 radical (unpaired) electrons. The first-order chi connectivity index (χ1) is 12.1. The second-order valence-electron chi connectivity index (χ2n) is 6.88. The van der Waals surface area contributed by atoms with E-state index in [1.807, 2.05) is 40.8 Å². The van der Waals surface area contributed by atoms with Crippen molar-refractivity contribution in [3.8, 4) is 0 Å². The molecule has 2 amide bonds. The van der Waals surface area contributed by atoms with E-state index in [1.54, 1.807) is 6.20 Å². The first kappa shape index (κ1) is 16.4. The molecular weight excluding hydrogens is 320 g/mol. The summed E-state index contributed by atoms with van der Waals surface area (Å²) in [5.74, 6) is -0.333. The number of carbonyl (C=O) groups is 1. The minimum Gasteiger partial charge on any atom is -0.347 e. The zero-order valence-corrected chi connectivity index (χ0v) is 14.5. The molecule has 2 aromatic heterocycles. The smallest absolute Gasteiger partial charge is 0.317 e. The third-order valence-corrected chi connectivity index (χ3v) is 5.22. The number of hydrogen-bond acceptors (Lipinski definition) is 4. The highest BCUT2D eigenvalue weighted by Crippen LogP contribution is 2.34. The summed E-state index contributed by atoms with van der Waals surface area (Å²) in [6.07, 6.45) is 7.62. The molecule has 2 aromatic rings. The Hall–Kier alpha value is -2.12. The van der Waals surface area contributed by atoms with Gasteiger partial charge in [0.1, 0.15) is 5.65 Å². The zero-order chi connectivity index (χ0) is 17.3. The third-order valence-electron chi connectivity index (χ3n) is 5.22. The molecule has 4 rings (SSSR count). The summed E-state index contributed by atoms with van der Waals surface area (Å²) in [6, 6.07) is 3.95. The average Bonchev–Trinajstić information content (AvgIpc) is 3.29. The van der Waals surface area contributed by atoms with E-state index in [2.05, 4.69) is 10.3 Å². The van der Waals surface area contributed by atoms with Gasteiger partial charge in [0.25, 0.3) is 0 Å². The summed E-state index contributed by atoms with van der Waals surface area (Å²) >= 11 is 0. The molecule has 25 heavy (non-hydrogen) atoms. The Morgan fingerprint density at radius 1 is 1.40 bits per heavy atom. The molecule has 0 saturated carbocycles. The van der Waals surface area contributed by atoms with Crippen molar-refractivity contribution >= 4 is 11.7 Å². The molecule has 0 bridgehead atoms. The number of pyridine rings is 1. The molecule has 2 aliphatic heterocycles.